The molecule has 1 fully saturated rings. The van der Waals surface area contributed by atoms with Gasteiger partial charge in [0.25, 0.3) is 0 Å². The number of ether oxygens (including phenoxy) is 1. The first kappa shape index (κ1) is 17.0. The summed E-state index contributed by atoms with van der Waals surface area (Å²) in [6.07, 6.45) is 2.03. The maximum absolute atomic E-state index is 11.9. The van der Waals surface area contributed by atoms with E-state index < -0.39 is 0 Å². The van der Waals surface area contributed by atoms with Gasteiger partial charge < -0.3 is 9.64 Å². The SMILES string of the molecule is COc1cccc(C2CCN(c3cc(C#N)ccc3C(C)=O)CC2)c1. The van der Waals surface area contributed by atoms with Crippen LogP contribution in [0.3, 0.4) is 0 Å². The van der Waals surface area contributed by atoms with E-state index in [0.717, 1.165) is 37.4 Å². The van der Waals surface area contributed by atoms with Gasteiger partial charge in [0.1, 0.15) is 5.75 Å². The van der Waals surface area contributed by atoms with Gasteiger partial charge in [-0.2, -0.15) is 5.26 Å². The molecule has 2 aromatic carbocycles. The molecule has 1 saturated heterocycles. The van der Waals surface area contributed by atoms with Gasteiger partial charge in [-0.15, -0.1) is 0 Å². The Morgan fingerprint density at radius 3 is 2.60 bits per heavy atom. The highest BCUT2D eigenvalue weighted by atomic mass is 16.5. The number of rotatable bonds is 4. The fourth-order valence-corrected chi connectivity index (χ4v) is 3.51. The van der Waals surface area contributed by atoms with Crippen molar-refractivity contribution in [1.82, 2.24) is 0 Å². The van der Waals surface area contributed by atoms with E-state index in [9.17, 15) is 4.79 Å². The molecule has 1 aliphatic rings. The normalized spacial score (nSPS) is 14.8. The van der Waals surface area contributed by atoms with Gasteiger partial charge in [0.2, 0.25) is 0 Å². The highest BCUT2D eigenvalue weighted by Crippen LogP contribution is 2.33. The van der Waals surface area contributed by atoms with Crippen molar-refractivity contribution in [3.8, 4) is 11.8 Å². The van der Waals surface area contributed by atoms with Crippen LogP contribution in [0.4, 0.5) is 5.69 Å². The van der Waals surface area contributed by atoms with Crippen LogP contribution in [0.2, 0.25) is 0 Å². The van der Waals surface area contributed by atoms with Crippen molar-refractivity contribution in [1.29, 1.82) is 5.26 Å². The van der Waals surface area contributed by atoms with Gasteiger partial charge in [-0.25, -0.2) is 0 Å². The number of carbonyl (C=O) groups is 1. The van der Waals surface area contributed by atoms with E-state index in [1.165, 1.54) is 5.56 Å². The lowest BCUT2D eigenvalue weighted by molar-refractivity contribution is 0.101. The molecular formula is C21H22N2O2. The van der Waals surface area contributed by atoms with Crippen molar-refractivity contribution in [3.05, 3.63) is 59.2 Å². The van der Waals surface area contributed by atoms with Crippen molar-refractivity contribution in [2.75, 3.05) is 25.1 Å². The number of anilines is 1. The van der Waals surface area contributed by atoms with Crippen molar-refractivity contribution < 1.29 is 9.53 Å². The highest BCUT2D eigenvalue weighted by molar-refractivity contribution is 6.00. The first-order chi connectivity index (χ1) is 12.1. The predicted octanol–water partition coefficient (Wildman–Crippen LogP) is 4.15. The summed E-state index contributed by atoms with van der Waals surface area (Å²) in [5, 5.41) is 9.16. The zero-order valence-corrected chi connectivity index (χ0v) is 14.7. The molecule has 1 heterocycles. The largest absolute Gasteiger partial charge is 0.497 e. The highest BCUT2D eigenvalue weighted by Gasteiger charge is 2.23. The second-order valence-electron chi connectivity index (χ2n) is 6.44. The summed E-state index contributed by atoms with van der Waals surface area (Å²) in [4.78, 5) is 14.2. The Kier molecular flexibility index (Phi) is 5.04. The van der Waals surface area contributed by atoms with Crippen molar-refractivity contribution in [2.24, 2.45) is 0 Å². The van der Waals surface area contributed by atoms with E-state index in [2.05, 4.69) is 23.1 Å². The molecule has 0 saturated carbocycles. The van der Waals surface area contributed by atoms with Crippen LogP contribution >= 0.6 is 0 Å². The molecule has 3 rings (SSSR count). The van der Waals surface area contributed by atoms with E-state index in [1.54, 1.807) is 26.2 Å². The molecule has 1 aliphatic heterocycles. The fourth-order valence-electron chi connectivity index (χ4n) is 3.51. The molecule has 0 spiro atoms. The van der Waals surface area contributed by atoms with Gasteiger partial charge in [0.15, 0.2) is 5.78 Å². The summed E-state index contributed by atoms with van der Waals surface area (Å²) in [6, 6.07) is 15.7. The van der Waals surface area contributed by atoms with Gasteiger partial charge in [-0.3, -0.25) is 4.79 Å². The number of carbonyl (C=O) groups excluding carboxylic acids is 1. The summed E-state index contributed by atoms with van der Waals surface area (Å²) in [7, 11) is 1.69. The molecule has 0 bridgehead atoms. The van der Waals surface area contributed by atoms with Crippen LogP contribution in [0.25, 0.3) is 0 Å². The van der Waals surface area contributed by atoms with Gasteiger partial charge >= 0.3 is 0 Å². The minimum atomic E-state index is 0.0365. The van der Waals surface area contributed by atoms with Gasteiger partial charge in [0.05, 0.1) is 18.7 Å². The molecule has 4 heteroatoms. The molecule has 0 aromatic heterocycles. The number of nitriles is 1. The molecule has 128 valence electrons. The predicted molar refractivity (Wildman–Crippen MR) is 98.3 cm³/mol. The average Bonchev–Trinajstić information content (AvgIpc) is 2.67. The number of Topliss-reactive ketones (excluding diaryl/α,β-unsaturated/α-hetero) is 1. The first-order valence-electron chi connectivity index (χ1n) is 8.56. The Hall–Kier alpha value is -2.80. The number of piperidine rings is 1. The van der Waals surface area contributed by atoms with Gasteiger partial charge in [-0.05, 0) is 61.6 Å². The monoisotopic (exact) mass is 334 g/mol. The van der Waals surface area contributed by atoms with Crippen molar-refractivity contribution in [2.45, 2.75) is 25.7 Å². The Morgan fingerprint density at radius 2 is 1.96 bits per heavy atom. The zero-order valence-electron chi connectivity index (χ0n) is 14.7. The van der Waals surface area contributed by atoms with E-state index >= 15 is 0 Å². The van der Waals surface area contributed by atoms with Crippen LogP contribution in [-0.4, -0.2) is 26.0 Å². The number of hydrogen-bond acceptors (Lipinski definition) is 4. The first-order valence-corrected chi connectivity index (χ1v) is 8.56. The minimum absolute atomic E-state index is 0.0365. The lowest BCUT2D eigenvalue weighted by atomic mass is 9.88. The Morgan fingerprint density at radius 1 is 1.20 bits per heavy atom. The standard InChI is InChI=1S/C21H22N2O2/c1-15(24)20-7-6-16(14-22)12-21(20)23-10-8-17(9-11-23)18-4-3-5-19(13-18)25-2/h3-7,12-13,17H,8-11H2,1-2H3. The second-order valence-corrected chi connectivity index (χ2v) is 6.44. The summed E-state index contributed by atoms with van der Waals surface area (Å²) in [5.74, 6) is 1.42. The molecule has 2 aromatic rings. The topological polar surface area (TPSA) is 53.3 Å². The Labute approximate surface area is 148 Å². The molecule has 25 heavy (non-hydrogen) atoms. The summed E-state index contributed by atoms with van der Waals surface area (Å²) in [6.45, 7) is 3.32. The molecule has 4 nitrogen and oxygen atoms in total. The number of ketones is 1. The lowest BCUT2D eigenvalue weighted by Crippen LogP contribution is -2.33. The van der Waals surface area contributed by atoms with E-state index in [0.29, 0.717) is 17.0 Å². The molecular weight excluding hydrogens is 312 g/mol. The number of hydrogen-bond donors (Lipinski definition) is 0. The minimum Gasteiger partial charge on any atom is -0.497 e. The van der Waals surface area contributed by atoms with Crippen LogP contribution < -0.4 is 9.64 Å². The van der Waals surface area contributed by atoms with E-state index in [-0.39, 0.29) is 5.78 Å². The zero-order chi connectivity index (χ0) is 17.8. The van der Waals surface area contributed by atoms with Gasteiger partial charge in [-0.1, -0.05) is 12.1 Å². The molecule has 0 amide bonds. The van der Waals surface area contributed by atoms with Crippen LogP contribution in [0.5, 0.6) is 5.75 Å². The average molecular weight is 334 g/mol. The van der Waals surface area contributed by atoms with Crippen LogP contribution in [0, 0.1) is 11.3 Å². The fraction of sp³-hybridized carbons (Fsp3) is 0.333. The third-order valence-corrected chi connectivity index (χ3v) is 4.91. The van der Waals surface area contributed by atoms with E-state index in [1.807, 2.05) is 18.2 Å². The summed E-state index contributed by atoms with van der Waals surface area (Å²) >= 11 is 0. The molecule has 0 N–H and O–H groups in total. The number of nitrogens with zero attached hydrogens (tertiary/aromatic N) is 2. The number of benzene rings is 2. The lowest BCUT2D eigenvalue weighted by Gasteiger charge is -2.35. The van der Waals surface area contributed by atoms with Crippen LogP contribution in [0.15, 0.2) is 42.5 Å². The second kappa shape index (κ2) is 7.40. The maximum Gasteiger partial charge on any atom is 0.161 e. The molecule has 0 unspecified atom stereocenters. The van der Waals surface area contributed by atoms with Crippen molar-refractivity contribution >= 4 is 11.5 Å². The molecule has 0 atom stereocenters. The van der Waals surface area contributed by atoms with Crippen molar-refractivity contribution in [3.63, 3.8) is 0 Å². The summed E-state index contributed by atoms with van der Waals surface area (Å²) < 4.78 is 5.33. The van der Waals surface area contributed by atoms with Gasteiger partial charge in [0, 0.05) is 24.3 Å². The Balaban J connectivity index is 1.78. The number of methoxy groups -OCH3 is 1. The summed E-state index contributed by atoms with van der Waals surface area (Å²) in [5.41, 5.74) is 3.47. The quantitative estimate of drug-likeness (QED) is 0.788. The Bertz CT molecular complexity index is 815. The van der Waals surface area contributed by atoms with Crippen LogP contribution in [-0.2, 0) is 0 Å². The van der Waals surface area contributed by atoms with E-state index in [4.69, 9.17) is 10.00 Å². The maximum atomic E-state index is 11.9. The van der Waals surface area contributed by atoms with Crippen LogP contribution in [0.1, 0.15) is 47.2 Å². The smallest absolute Gasteiger partial charge is 0.161 e. The third-order valence-electron chi connectivity index (χ3n) is 4.91. The third kappa shape index (κ3) is 3.66. The molecule has 0 radical (unpaired) electrons. The molecule has 0 aliphatic carbocycles.